The SMILES string of the molecule is Cc1ccccc1CN1CCC(Nc2cc(N3CCCC(CO)C3)ncn2)CC1. The van der Waals surface area contributed by atoms with E-state index in [-0.39, 0.29) is 6.61 Å². The summed E-state index contributed by atoms with van der Waals surface area (Å²) < 4.78 is 0. The summed E-state index contributed by atoms with van der Waals surface area (Å²) in [4.78, 5) is 13.8. The van der Waals surface area contributed by atoms with Crippen molar-refractivity contribution >= 4 is 11.6 Å². The van der Waals surface area contributed by atoms with Crippen molar-refractivity contribution in [3.8, 4) is 0 Å². The first-order chi connectivity index (χ1) is 14.2. The van der Waals surface area contributed by atoms with Crippen molar-refractivity contribution in [1.29, 1.82) is 0 Å². The van der Waals surface area contributed by atoms with E-state index in [1.807, 2.05) is 0 Å². The van der Waals surface area contributed by atoms with Gasteiger partial charge in [0.2, 0.25) is 0 Å². The molecule has 3 heterocycles. The molecule has 1 aromatic heterocycles. The fourth-order valence-corrected chi connectivity index (χ4v) is 4.49. The van der Waals surface area contributed by atoms with Crippen LogP contribution in [0, 0.1) is 12.8 Å². The fraction of sp³-hybridized carbons (Fsp3) is 0.565. The maximum absolute atomic E-state index is 9.48. The lowest BCUT2D eigenvalue weighted by molar-refractivity contribution is 0.208. The number of aliphatic hydroxyl groups is 1. The molecule has 2 aromatic rings. The lowest BCUT2D eigenvalue weighted by atomic mass is 9.99. The van der Waals surface area contributed by atoms with Gasteiger partial charge in [0.25, 0.3) is 0 Å². The number of benzene rings is 1. The van der Waals surface area contributed by atoms with Crippen molar-refractivity contribution in [2.45, 2.75) is 45.2 Å². The zero-order valence-electron chi connectivity index (χ0n) is 17.4. The van der Waals surface area contributed by atoms with E-state index in [2.05, 4.69) is 62.3 Å². The quantitative estimate of drug-likeness (QED) is 0.784. The summed E-state index contributed by atoms with van der Waals surface area (Å²) in [6.45, 7) is 7.59. The highest BCUT2D eigenvalue weighted by Gasteiger charge is 2.22. The smallest absolute Gasteiger partial charge is 0.134 e. The standard InChI is InChI=1S/C23H33N5O/c1-18-5-2-3-7-20(18)15-27-11-8-21(9-12-27)26-22-13-23(25-17-24-22)28-10-4-6-19(14-28)16-29/h2-3,5,7,13,17,19,21,29H,4,6,8-12,14-16H2,1H3,(H,24,25,26). The van der Waals surface area contributed by atoms with Gasteiger partial charge >= 0.3 is 0 Å². The second kappa shape index (κ2) is 9.55. The van der Waals surface area contributed by atoms with Gasteiger partial charge in [0.15, 0.2) is 0 Å². The van der Waals surface area contributed by atoms with Crippen LogP contribution < -0.4 is 10.2 Å². The van der Waals surface area contributed by atoms with E-state index in [4.69, 9.17) is 0 Å². The van der Waals surface area contributed by atoms with Crippen molar-refractivity contribution < 1.29 is 5.11 Å². The van der Waals surface area contributed by atoms with Crippen molar-refractivity contribution in [3.63, 3.8) is 0 Å². The summed E-state index contributed by atoms with van der Waals surface area (Å²) >= 11 is 0. The lowest BCUT2D eigenvalue weighted by Gasteiger charge is -2.34. The molecule has 0 amide bonds. The van der Waals surface area contributed by atoms with Crippen molar-refractivity contribution in [1.82, 2.24) is 14.9 Å². The molecule has 1 unspecified atom stereocenters. The Morgan fingerprint density at radius 1 is 1.10 bits per heavy atom. The highest BCUT2D eigenvalue weighted by atomic mass is 16.3. The number of aryl methyl sites for hydroxylation is 1. The molecule has 0 saturated carbocycles. The Labute approximate surface area is 174 Å². The summed E-state index contributed by atoms with van der Waals surface area (Å²) in [6.07, 6.45) is 6.12. The maximum Gasteiger partial charge on any atom is 0.134 e. The van der Waals surface area contributed by atoms with Gasteiger partial charge in [-0.15, -0.1) is 0 Å². The van der Waals surface area contributed by atoms with Crippen molar-refractivity contribution in [2.75, 3.05) is 43.0 Å². The van der Waals surface area contributed by atoms with Crippen LogP contribution in [0.3, 0.4) is 0 Å². The van der Waals surface area contributed by atoms with Gasteiger partial charge in [0, 0.05) is 51.4 Å². The van der Waals surface area contributed by atoms with Crippen LogP contribution in [0.1, 0.15) is 36.8 Å². The summed E-state index contributed by atoms with van der Waals surface area (Å²) in [7, 11) is 0. The van der Waals surface area contributed by atoms with E-state index in [0.29, 0.717) is 12.0 Å². The van der Waals surface area contributed by atoms with Crippen LogP contribution >= 0.6 is 0 Å². The zero-order chi connectivity index (χ0) is 20.1. The number of aliphatic hydroxyl groups excluding tert-OH is 1. The van der Waals surface area contributed by atoms with Gasteiger partial charge in [0.1, 0.15) is 18.0 Å². The van der Waals surface area contributed by atoms with Gasteiger partial charge in [-0.1, -0.05) is 24.3 Å². The van der Waals surface area contributed by atoms with E-state index in [1.54, 1.807) is 6.33 Å². The largest absolute Gasteiger partial charge is 0.396 e. The average Bonchev–Trinajstić information content (AvgIpc) is 2.77. The second-order valence-corrected chi connectivity index (χ2v) is 8.52. The average molecular weight is 396 g/mol. The molecule has 2 N–H and O–H groups in total. The van der Waals surface area contributed by atoms with E-state index in [0.717, 1.165) is 70.0 Å². The Bertz CT molecular complexity index is 790. The molecule has 2 aliphatic rings. The van der Waals surface area contributed by atoms with Crippen LogP contribution in [0.4, 0.5) is 11.6 Å². The number of nitrogens with one attached hydrogen (secondary N) is 1. The Kier molecular flexibility index (Phi) is 6.62. The molecule has 1 aromatic carbocycles. The molecular weight excluding hydrogens is 362 g/mol. The molecule has 0 radical (unpaired) electrons. The molecule has 4 rings (SSSR count). The molecule has 0 spiro atoms. The van der Waals surface area contributed by atoms with Crippen LogP contribution in [0.25, 0.3) is 0 Å². The summed E-state index contributed by atoms with van der Waals surface area (Å²) in [5, 5.41) is 13.1. The van der Waals surface area contributed by atoms with Gasteiger partial charge in [-0.2, -0.15) is 0 Å². The maximum atomic E-state index is 9.48. The molecule has 6 nitrogen and oxygen atoms in total. The van der Waals surface area contributed by atoms with Crippen LogP contribution in [0.2, 0.25) is 0 Å². The van der Waals surface area contributed by atoms with Crippen LogP contribution in [0.15, 0.2) is 36.7 Å². The molecule has 2 fully saturated rings. The third kappa shape index (κ3) is 5.25. The number of anilines is 2. The predicted octanol–water partition coefficient (Wildman–Crippen LogP) is 3.07. The number of piperidine rings is 2. The number of likely N-dealkylation sites (tertiary alicyclic amines) is 1. The first-order valence-electron chi connectivity index (χ1n) is 10.9. The van der Waals surface area contributed by atoms with Crippen LogP contribution in [-0.2, 0) is 6.54 Å². The Hall–Kier alpha value is -2.18. The molecule has 0 bridgehead atoms. The third-order valence-electron chi connectivity index (χ3n) is 6.35. The first kappa shape index (κ1) is 20.1. The van der Waals surface area contributed by atoms with Gasteiger partial charge in [-0.3, -0.25) is 4.90 Å². The zero-order valence-corrected chi connectivity index (χ0v) is 17.4. The minimum atomic E-state index is 0.258. The number of hydrogen-bond acceptors (Lipinski definition) is 6. The molecule has 0 aliphatic carbocycles. The Morgan fingerprint density at radius 2 is 1.93 bits per heavy atom. The number of hydrogen-bond donors (Lipinski definition) is 2. The monoisotopic (exact) mass is 395 g/mol. The van der Waals surface area contributed by atoms with E-state index in [9.17, 15) is 5.11 Å². The molecular formula is C23H33N5O. The third-order valence-corrected chi connectivity index (χ3v) is 6.35. The van der Waals surface area contributed by atoms with Crippen LogP contribution in [-0.4, -0.2) is 58.8 Å². The Balaban J connectivity index is 1.30. The van der Waals surface area contributed by atoms with Crippen molar-refractivity contribution in [3.05, 3.63) is 47.8 Å². The highest BCUT2D eigenvalue weighted by Crippen LogP contribution is 2.24. The number of rotatable bonds is 6. The molecule has 6 heteroatoms. The van der Waals surface area contributed by atoms with Gasteiger partial charge < -0.3 is 15.3 Å². The molecule has 1 atom stereocenters. The van der Waals surface area contributed by atoms with Gasteiger partial charge in [0.05, 0.1) is 0 Å². The number of aromatic nitrogens is 2. The molecule has 156 valence electrons. The highest BCUT2D eigenvalue weighted by molar-refractivity contribution is 5.49. The Morgan fingerprint density at radius 3 is 2.72 bits per heavy atom. The molecule has 2 saturated heterocycles. The minimum absolute atomic E-state index is 0.258. The van der Waals surface area contributed by atoms with E-state index < -0.39 is 0 Å². The molecule has 2 aliphatic heterocycles. The van der Waals surface area contributed by atoms with Crippen molar-refractivity contribution in [2.24, 2.45) is 5.92 Å². The normalized spacial score (nSPS) is 21.3. The summed E-state index contributed by atoms with van der Waals surface area (Å²) in [6, 6.07) is 11.2. The number of nitrogens with zero attached hydrogens (tertiary/aromatic N) is 4. The summed E-state index contributed by atoms with van der Waals surface area (Å²) in [5.41, 5.74) is 2.81. The molecule has 29 heavy (non-hydrogen) atoms. The van der Waals surface area contributed by atoms with E-state index >= 15 is 0 Å². The summed E-state index contributed by atoms with van der Waals surface area (Å²) in [5.74, 6) is 2.24. The minimum Gasteiger partial charge on any atom is -0.396 e. The lowest BCUT2D eigenvalue weighted by Crippen LogP contribution is -2.39. The fourth-order valence-electron chi connectivity index (χ4n) is 4.49. The second-order valence-electron chi connectivity index (χ2n) is 8.52. The predicted molar refractivity (Wildman–Crippen MR) is 117 cm³/mol. The first-order valence-corrected chi connectivity index (χ1v) is 10.9. The van der Waals surface area contributed by atoms with E-state index in [1.165, 1.54) is 11.1 Å². The topological polar surface area (TPSA) is 64.5 Å². The van der Waals surface area contributed by atoms with Gasteiger partial charge in [-0.05, 0) is 49.7 Å². The van der Waals surface area contributed by atoms with Crippen LogP contribution in [0.5, 0.6) is 0 Å². The van der Waals surface area contributed by atoms with Gasteiger partial charge in [-0.25, -0.2) is 9.97 Å².